The van der Waals surface area contributed by atoms with Crippen LogP contribution in [0.3, 0.4) is 0 Å². The summed E-state index contributed by atoms with van der Waals surface area (Å²) in [6, 6.07) is 17.3. The van der Waals surface area contributed by atoms with E-state index in [1.54, 1.807) is 30.6 Å². The summed E-state index contributed by atoms with van der Waals surface area (Å²) in [6.45, 7) is 2.16. The first-order chi connectivity index (χ1) is 12.5. The van der Waals surface area contributed by atoms with Gasteiger partial charge < -0.3 is 10.2 Å². The molecule has 1 unspecified atom stereocenters. The number of carbonyl (C=O) groups is 2. The van der Waals surface area contributed by atoms with Gasteiger partial charge in [-0.15, -0.1) is 11.8 Å². The molecule has 0 spiro atoms. The molecule has 1 N–H and O–H groups in total. The summed E-state index contributed by atoms with van der Waals surface area (Å²) >= 11 is 5.01. The first-order valence-corrected chi connectivity index (χ1v) is 10.3. The van der Waals surface area contributed by atoms with Gasteiger partial charge in [0.15, 0.2) is 0 Å². The van der Waals surface area contributed by atoms with Gasteiger partial charge in [-0.05, 0) is 30.2 Å². The highest BCUT2D eigenvalue weighted by Crippen LogP contribution is 2.18. The number of nitrogens with one attached hydrogen (secondary N) is 1. The van der Waals surface area contributed by atoms with Crippen molar-refractivity contribution < 1.29 is 9.59 Å². The number of hydrogen-bond donors (Lipinski definition) is 1. The molecular weight excluding hydrogens is 412 g/mol. The van der Waals surface area contributed by atoms with E-state index in [2.05, 4.69) is 21.2 Å². The van der Waals surface area contributed by atoms with Crippen LogP contribution >= 0.6 is 27.7 Å². The van der Waals surface area contributed by atoms with E-state index in [9.17, 15) is 9.59 Å². The zero-order valence-electron chi connectivity index (χ0n) is 14.9. The molecule has 1 atom stereocenters. The van der Waals surface area contributed by atoms with Crippen molar-refractivity contribution in [3.05, 3.63) is 70.2 Å². The molecule has 26 heavy (non-hydrogen) atoms. The molecule has 0 saturated carbocycles. The van der Waals surface area contributed by atoms with E-state index in [0.717, 1.165) is 15.8 Å². The zero-order valence-corrected chi connectivity index (χ0v) is 17.3. The van der Waals surface area contributed by atoms with Gasteiger partial charge in [0.25, 0.3) is 0 Å². The summed E-state index contributed by atoms with van der Waals surface area (Å²) in [5.41, 5.74) is 2.17. The number of likely N-dealkylation sites (N-methyl/N-ethyl adjacent to an activating group) is 1. The van der Waals surface area contributed by atoms with Crippen LogP contribution in [0.5, 0.6) is 0 Å². The van der Waals surface area contributed by atoms with Gasteiger partial charge in [0, 0.05) is 23.8 Å². The third-order valence-corrected chi connectivity index (χ3v) is 5.47. The Labute approximate surface area is 167 Å². The summed E-state index contributed by atoms with van der Waals surface area (Å²) in [7, 11) is 1.59. The number of benzene rings is 2. The maximum Gasteiger partial charge on any atom is 0.242 e. The van der Waals surface area contributed by atoms with Crippen LogP contribution < -0.4 is 5.32 Å². The predicted molar refractivity (Wildman–Crippen MR) is 111 cm³/mol. The van der Waals surface area contributed by atoms with E-state index in [4.69, 9.17) is 0 Å². The minimum absolute atomic E-state index is 0.0398. The SMILES string of the molecule is CNC(=O)C(C)N(Cc1cccc(Br)c1)C(=O)CSCc1ccccc1. The Morgan fingerprint density at radius 1 is 1.12 bits per heavy atom. The van der Waals surface area contributed by atoms with Crippen molar-refractivity contribution in [3.63, 3.8) is 0 Å². The molecule has 0 saturated heterocycles. The molecule has 2 aromatic carbocycles. The molecular formula is C20H23BrN2O2S. The van der Waals surface area contributed by atoms with Crippen molar-refractivity contribution in [2.75, 3.05) is 12.8 Å². The number of halogens is 1. The highest BCUT2D eigenvalue weighted by atomic mass is 79.9. The van der Waals surface area contributed by atoms with Gasteiger partial charge in [-0.25, -0.2) is 0 Å². The molecule has 2 amide bonds. The average molecular weight is 435 g/mol. The molecule has 0 radical (unpaired) electrons. The quantitative estimate of drug-likeness (QED) is 0.686. The Bertz CT molecular complexity index is 740. The van der Waals surface area contributed by atoms with Crippen LogP contribution in [-0.2, 0) is 21.9 Å². The van der Waals surface area contributed by atoms with E-state index in [1.165, 1.54) is 5.56 Å². The maximum absolute atomic E-state index is 12.8. The van der Waals surface area contributed by atoms with Crippen LogP contribution in [0.15, 0.2) is 59.1 Å². The van der Waals surface area contributed by atoms with E-state index in [0.29, 0.717) is 12.3 Å². The van der Waals surface area contributed by atoms with Crippen molar-refractivity contribution in [3.8, 4) is 0 Å². The lowest BCUT2D eigenvalue weighted by Crippen LogP contribution is -2.47. The first-order valence-electron chi connectivity index (χ1n) is 8.38. The minimum Gasteiger partial charge on any atom is -0.357 e. The van der Waals surface area contributed by atoms with Gasteiger partial charge in [-0.2, -0.15) is 0 Å². The van der Waals surface area contributed by atoms with Gasteiger partial charge in [0.1, 0.15) is 6.04 Å². The Balaban J connectivity index is 2.04. The molecule has 6 heteroatoms. The molecule has 0 bridgehead atoms. The Morgan fingerprint density at radius 2 is 1.81 bits per heavy atom. The molecule has 0 aromatic heterocycles. The Morgan fingerprint density at radius 3 is 2.46 bits per heavy atom. The van der Waals surface area contributed by atoms with Crippen LogP contribution in [0, 0.1) is 0 Å². The second kappa shape index (κ2) is 10.4. The number of nitrogens with zero attached hydrogens (tertiary/aromatic N) is 1. The Kier molecular flexibility index (Phi) is 8.19. The fourth-order valence-electron chi connectivity index (χ4n) is 2.54. The second-order valence-electron chi connectivity index (χ2n) is 5.92. The van der Waals surface area contributed by atoms with Gasteiger partial charge >= 0.3 is 0 Å². The van der Waals surface area contributed by atoms with Crippen molar-refractivity contribution >= 4 is 39.5 Å². The Hall–Kier alpha value is -1.79. The van der Waals surface area contributed by atoms with Crippen LogP contribution in [0.25, 0.3) is 0 Å². The van der Waals surface area contributed by atoms with Crippen molar-refractivity contribution in [1.29, 1.82) is 0 Å². The van der Waals surface area contributed by atoms with Crippen LogP contribution in [-0.4, -0.2) is 35.6 Å². The minimum atomic E-state index is -0.524. The highest BCUT2D eigenvalue weighted by molar-refractivity contribution is 9.10. The number of thioether (sulfide) groups is 1. The fraction of sp³-hybridized carbons (Fsp3) is 0.300. The topological polar surface area (TPSA) is 49.4 Å². The molecule has 0 fully saturated rings. The number of amides is 2. The van der Waals surface area contributed by atoms with Gasteiger partial charge in [-0.1, -0.05) is 58.4 Å². The average Bonchev–Trinajstić information content (AvgIpc) is 2.65. The lowest BCUT2D eigenvalue weighted by molar-refractivity contribution is -0.138. The highest BCUT2D eigenvalue weighted by Gasteiger charge is 2.25. The molecule has 4 nitrogen and oxygen atoms in total. The molecule has 0 aliphatic carbocycles. The number of hydrogen-bond acceptors (Lipinski definition) is 3. The van der Waals surface area contributed by atoms with Gasteiger partial charge in [0.2, 0.25) is 11.8 Å². The summed E-state index contributed by atoms with van der Waals surface area (Å²) in [6.07, 6.45) is 0. The lowest BCUT2D eigenvalue weighted by atomic mass is 10.1. The smallest absolute Gasteiger partial charge is 0.242 e. The molecule has 0 aliphatic rings. The fourth-order valence-corrected chi connectivity index (χ4v) is 3.85. The van der Waals surface area contributed by atoms with Gasteiger partial charge in [-0.3, -0.25) is 9.59 Å². The predicted octanol–water partition coefficient (Wildman–Crippen LogP) is 3.85. The second-order valence-corrected chi connectivity index (χ2v) is 7.82. The third-order valence-electron chi connectivity index (χ3n) is 3.99. The molecule has 2 rings (SSSR count). The van der Waals surface area contributed by atoms with Crippen LogP contribution in [0.4, 0.5) is 0 Å². The van der Waals surface area contributed by atoms with Crippen LogP contribution in [0.1, 0.15) is 18.1 Å². The summed E-state index contributed by atoms with van der Waals surface area (Å²) in [5, 5.41) is 2.63. The van der Waals surface area contributed by atoms with Crippen molar-refractivity contribution in [1.82, 2.24) is 10.2 Å². The lowest BCUT2D eigenvalue weighted by Gasteiger charge is -2.28. The van der Waals surface area contributed by atoms with E-state index in [1.807, 2.05) is 54.6 Å². The van der Waals surface area contributed by atoms with E-state index < -0.39 is 6.04 Å². The standard InChI is InChI=1S/C20H23BrN2O2S/c1-15(20(25)22-2)23(12-17-9-6-10-18(21)11-17)19(24)14-26-13-16-7-4-3-5-8-16/h3-11,15H,12-14H2,1-2H3,(H,22,25). The summed E-state index contributed by atoms with van der Waals surface area (Å²) < 4.78 is 0.952. The third kappa shape index (κ3) is 6.18. The van der Waals surface area contributed by atoms with E-state index >= 15 is 0 Å². The summed E-state index contributed by atoms with van der Waals surface area (Å²) in [5.74, 6) is 0.902. The van der Waals surface area contributed by atoms with E-state index in [-0.39, 0.29) is 11.8 Å². The summed E-state index contributed by atoms with van der Waals surface area (Å²) in [4.78, 5) is 26.5. The van der Waals surface area contributed by atoms with Gasteiger partial charge in [0.05, 0.1) is 5.75 Å². The number of rotatable bonds is 8. The normalized spacial score (nSPS) is 11.7. The largest absolute Gasteiger partial charge is 0.357 e. The monoisotopic (exact) mass is 434 g/mol. The first kappa shape index (κ1) is 20.5. The zero-order chi connectivity index (χ0) is 18.9. The molecule has 138 valence electrons. The van der Waals surface area contributed by atoms with Crippen molar-refractivity contribution in [2.24, 2.45) is 0 Å². The molecule has 0 aliphatic heterocycles. The van der Waals surface area contributed by atoms with Crippen LogP contribution in [0.2, 0.25) is 0 Å². The number of carbonyl (C=O) groups excluding carboxylic acids is 2. The molecule has 2 aromatic rings. The molecule has 0 heterocycles. The van der Waals surface area contributed by atoms with Crippen molar-refractivity contribution in [2.45, 2.75) is 25.3 Å². The maximum atomic E-state index is 12.8.